The third-order valence-electron chi connectivity index (χ3n) is 2.72. The van der Waals surface area contributed by atoms with Crippen molar-refractivity contribution in [2.45, 2.75) is 39.5 Å². The lowest BCUT2D eigenvalue weighted by Gasteiger charge is -2.34. The lowest BCUT2D eigenvalue weighted by Crippen LogP contribution is -2.30. The van der Waals surface area contributed by atoms with Gasteiger partial charge in [0.15, 0.2) is 0 Å². The van der Waals surface area contributed by atoms with Gasteiger partial charge in [-0.15, -0.1) is 12.4 Å². The van der Waals surface area contributed by atoms with E-state index in [1.165, 1.54) is 25.7 Å². The van der Waals surface area contributed by atoms with Crippen molar-refractivity contribution in [1.82, 2.24) is 5.32 Å². The zero-order valence-electron chi connectivity index (χ0n) is 8.52. The van der Waals surface area contributed by atoms with E-state index in [0.29, 0.717) is 5.41 Å². The molecule has 2 heteroatoms. The second-order valence-corrected chi connectivity index (χ2v) is 4.70. The summed E-state index contributed by atoms with van der Waals surface area (Å²) in [7, 11) is 2.04. The van der Waals surface area contributed by atoms with E-state index < -0.39 is 0 Å². The fraction of sp³-hybridized carbons (Fsp3) is 1.00. The average Bonchev–Trinajstić information content (AvgIpc) is 1.79. The van der Waals surface area contributed by atoms with E-state index in [-0.39, 0.29) is 12.4 Å². The SMILES string of the molecule is CNCC(C)(C)CC1CCC1.Cl. The third kappa shape index (κ3) is 3.77. The predicted octanol–water partition coefficient (Wildman–Crippen LogP) is 2.84. The molecule has 1 nitrogen and oxygen atoms in total. The minimum absolute atomic E-state index is 0. The van der Waals surface area contributed by atoms with Crippen LogP contribution in [-0.4, -0.2) is 13.6 Å². The number of halogens is 1. The first-order valence-electron chi connectivity index (χ1n) is 4.79. The minimum atomic E-state index is 0. The number of hydrogen-bond acceptors (Lipinski definition) is 1. The molecular weight excluding hydrogens is 170 g/mol. The van der Waals surface area contributed by atoms with Crippen molar-refractivity contribution in [3.05, 3.63) is 0 Å². The molecule has 0 heterocycles. The van der Waals surface area contributed by atoms with Gasteiger partial charge >= 0.3 is 0 Å². The van der Waals surface area contributed by atoms with E-state index >= 15 is 0 Å². The summed E-state index contributed by atoms with van der Waals surface area (Å²) in [5.74, 6) is 1.04. The summed E-state index contributed by atoms with van der Waals surface area (Å²) in [6, 6.07) is 0. The molecule has 1 saturated carbocycles. The van der Waals surface area contributed by atoms with Gasteiger partial charge in [0.1, 0.15) is 0 Å². The van der Waals surface area contributed by atoms with Crippen LogP contribution in [0.2, 0.25) is 0 Å². The maximum absolute atomic E-state index is 3.26. The van der Waals surface area contributed by atoms with Crippen molar-refractivity contribution in [1.29, 1.82) is 0 Å². The quantitative estimate of drug-likeness (QED) is 0.721. The normalized spacial score (nSPS) is 18.2. The fourth-order valence-corrected chi connectivity index (χ4v) is 2.03. The first kappa shape index (κ1) is 12.2. The largest absolute Gasteiger partial charge is 0.319 e. The van der Waals surface area contributed by atoms with Crippen molar-refractivity contribution in [2.24, 2.45) is 11.3 Å². The van der Waals surface area contributed by atoms with Crippen molar-refractivity contribution < 1.29 is 0 Å². The molecule has 74 valence electrons. The number of nitrogens with one attached hydrogen (secondary N) is 1. The minimum Gasteiger partial charge on any atom is -0.319 e. The summed E-state index contributed by atoms with van der Waals surface area (Å²) < 4.78 is 0. The maximum atomic E-state index is 3.26. The molecule has 0 bridgehead atoms. The fourth-order valence-electron chi connectivity index (χ4n) is 2.03. The number of hydrogen-bond donors (Lipinski definition) is 1. The summed E-state index contributed by atoms with van der Waals surface area (Å²) in [5, 5.41) is 3.26. The third-order valence-corrected chi connectivity index (χ3v) is 2.72. The molecular formula is C10H22ClN. The molecule has 1 rings (SSSR count). The molecule has 0 unspecified atom stereocenters. The van der Waals surface area contributed by atoms with Crippen molar-refractivity contribution >= 4 is 12.4 Å². The molecule has 1 aliphatic rings. The smallest absolute Gasteiger partial charge is 0.0000385 e. The Balaban J connectivity index is 0.00000121. The van der Waals surface area contributed by atoms with Crippen LogP contribution in [0.25, 0.3) is 0 Å². The van der Waals surface area contributed by atoms with Gasteiger partial charge in [0.25, 0.3) is 0 Å². The maximum Gasteiger partial charge on any atom is -0.0000385 e. The first-order valence-corrected chi connectivity index (χ1v) is 4.79. The Labute approximate surface area is 82.7 Å². The van der Waals surface area contributed by atoms with Crippen LogP contribution in [-0.2, 0) is 0 Å². The van der Waals surface area contributed by atoms with E-state index in [1.54, 1.807) is 0 Å². The lowest BCUT2D eigenvalue weighted by atomic mass is 9.73. The zero-order chi connectivity index (χ0) is 8.32. The topological polar surface area (TPSA) is 12.0 Å². The highest BCUT2D eigenvalue weighted by atomic mass is 35.5. The molecule has 0 aromatic carbocycles. The van der Waals surface area contributed by atoms with E-state index in [9.17, 15) is 0 Å². The van der Waals surface area contributed by atoms with Gasteiger partial charge in [-0.25, -0.2) is 0 Å². The highest BCUT2D eigenvalue weighted by molar-refractivity contribution is 5.85. The second-order valence-electron chi connectivity index (χ2n) is 4.70. The van der Waals surface area contributed by atoms with Crippen molar-refractivity contribution in [3.63, 3.8) is 0 Å². The van der Waals surface area contributed by atoms with Gasteiger partial charge in [-0.2, -0.15) is 0 Å². The van der Waals surface area contributed by atoms with Gasteiger partial charge in [0.2, 0.25) is 0 Å². The van der Waals surface area contributed by atoms with Crippen molar-refractivity contribution in [3.8, 4) is 0 Å². The summed E-state index contributed by atoms with van der Waals surface area (Å²) >= 11 is 0. The average molecular weight is 192 g/mol. The van der Waals surface area contributed by atoms with Gasteiger partial charge in [0, 0.05) is 0 Å². The van der Waals surface area contributed by atoms with Crippen LogP contribution in [0.15, 0.2) is 0 Å². The Morgan fingerprint density at radius 1 is 1.33 bits per heavy atom. The molecule has 12 heavy (non-hydrogen) atoms. The van der Waals surface area contributed by atoms with E-state index in [0.717, 1.165) is 12.5 Å². The van der Waals surface area contributed by atoms with Crippen LogP contribution in [0.4, 0.5) is 0 Å². The highest BCUT2D eigenvalue weighted by Gasteiger charge is 2.26. The first-order chi connectivity index (χ1) is 5.14. The molecule has 0 aromatic rings. The summed E-state index contributed by atoms with van der Waals surface area (Å²) in [6.07, 6.45) is 5.84. The standard InChI is InChI=1S/C10H21N.ClH/c1-10(2,8-11-3)7-9-5-4-6-9;/h9,11H,4-8H2,1-3H3;1H. The van der Waals surface area contributed by atoms with Crippen LogP contribution in [0, 0.1) is 11.3 Å². The molecule has 1 fully saturated rings. The van der Waals surface area contributed by atoms with Gasteiger partial charge < -0.3 is 5.32 Å². The molecule has 0 radical (unpaired) electrons. The summed E-state index contributed by atoms with van der Waals surface area (Å²) in [5.41, 5.74) is 0.514. The molecule has 0 aliphatic heterocycles. The monoisotopic (exact) mass is 191 g/mol. The highest BCUT2D eigenvalue weighted by Crippen LogP contribution is 2.36. The van der Waals surface area contributed by atoms with Gasteiger partial charge in [-0.1, -0.05) is 33.1 Å². The van der Waals surface area contributed by atoms with Crippen LogP contribution in [0.1, 0.15) is 39.5 Å². The molecule has 1 N–H and O–H groups in total. The predicted molar refractivity (Wildman–Crippen MR) is 56.9 cm³/mol. The van der Waals surface area contributed by atoms with E-state index in [4.69, 9.17) is 0 Å². The van der Waals surface area contributed by atoms with Gasteiger partial charge in [-0.05, 0) is 31.3 Å². The zero-order valence-corrected chi connectivity index (χ0v) is 9.34. The molecule has 0 amide bonds. The Morgan fingerprint density at radius 2 is 1.92 bits per heavy atom. The molecule has 0 aromatic heterocycles. The van der Waals surface area contributed by atoms with Crippen LogP contribution >= 0.6 is 12.4 Å². The van der Waals surface area contributed by atoms with Crippen LogP contribution in [0.5, 0.6) is 0 Å². The molecule has 1 aliphatic carbocycles. The Morgan fingerprint density at radius 3 is 2.25 bits per heavy atom. The van der Waals surface area contributed by atoms with Gasteiger partial charge in [0.05, 0.1) is 0 Å². The van der Waals surface area contributed by atoms with Crippen molar-refractivity contribution in [2.75, 3.05) is 13.6 Å². The van der Waals surface area contributed by atoms with Crippen LogP contribution < -0.4 is 5.32 Å². The van der Waals surface area contributed by atoms with Crippen LogP contribution in [0.3, 0.4) is 0 Å². The Bertz CT molecular complexity index is 119. The Hall–Kier alpha value is 0.250. The lowest BCUT2D eigenvalue weighted by molar-refractivity contribution is 0.190. The molecule has 0 atom stereocenters. The second kappa shape index (κ2) is 5.08. The van der Waals surface area contributed by atoms with E-state index in [1.807, 2.05) is 7.05 Å². The van der Waals surface area contributed by atoms with Gasteiger partial charge in [-0.3, -0.25) is 0 Å². The van der Waals surface area contributed by atoms with E-state index in [2.05, 4.69) is 19.2 Å². The summed E-state index contributed by atoms with van der Waals surface area (Å²) in [6.45, 7) is 5.88. The number of rotatable bonds is 4. The molecule has 0 saturated heterocycles. The Kier molecular flexibility index (Phi) is 5.19. The summed E-state index contributed by atoms with van der Waals surface area (Å²) in [4.78, 5) is 0. The molecule has 0 spiro atoms.